The molecule has 0 unspecified atom stereocenters. The topological polar surface area (TPSA) is 35.5 Å². The van der Waals surface area contributed by atoms with E-state index in [-0.39, 0.29) is 17.6 Å². The number of ether oxygens (including phenoxy) is 2. The van der Waals surface area contributed by atoms with Gasteiger partial charge in [0.15, 0.2) is 40.7 Å². The summed E-state index contributed by atoms with van der Waals surface area (Å²) in [5.41, 5.74) is 1.18. The van der Waals surface area contributed by atoms with Crippen molar-refractivity contribution in [3.8, 4) is 0 Å². The van der Waals surface area contributed by atoms with Crippen molar-refractivity contribution in [3.63, 3.8) is 0 Å². The second kappa shape index (κ2) is 15.0. The van der Waals surface area contributed by atoms with Crippen molar-refractivity contribution >= 4 is 5.78 Å². The molecule has 5 fully saturated rings. The van der Waals surface area contributed by atoms with Gasteiger partial charge in [0.05, 0.1) is 13.2 Å². The minimum absolute atomic E-state index is 0.117. The summed E-state index contributed by atoms with van der Waals surface area (Å²) in [5.74, 6) is -4.16. The average Bonchev–Trinajstić information content (AvgIpc) is 3.54. The first kappa shape index (κ1) is 34.5. The van der Waals surface area contributed by atoms with Crippen LogP contribution in [0.5, 0.6) is 0 Å². The van der Waals surface area contributed by atoms with Crippen LogP contribution in [0.3, 0.4) is 0 Å². The molecule has 2 aromatic carbocycles. The maximum absolute atomic E-state index is 13.5. The van der Waals surface area contributed by atoms with Crippen molar-refractivity contribution in [3.05, 3.63) is 70.3 Å². The van der Waals surface area contributed by atoms with Gasteiger partial charge in [-0.15, -0.1) is 0 Å². The number of rotatable bonds is 4. The zero-order valence-electron chi connectivity index (χ0n) is 27.0. The molecular formula is C38H46F6O3. The van der Waals surface area contributed by atoms with E-state index in [2.05, 4.69) is 0 Å². The Morgan fingerprint density at radius 3 is 1.21 bits per heavy atom. The summed E-state index contributed by atoms with van der Waals surface area (Å²) in [6.07, 6.45) is 15.5. The normalized spacial score (nSPS) is 28.7. The predicted molar refractivity (Wildman–Crippen MR) is 166 cm³/mol. The van der Waals surface area contributed by atoms with Gasteiger partial charge in [-0.3, -0.25) is 4.79 Å². The highest BCUT2D eigenvalue weighted by molar-refractivity contribution is 5.79. The minimum Gasteiger partial charge on any atom is -0.348 e. The molecule has 1 saturated heterocycles. The summed E-state index contributed by atoms with van der Waals surface area (Å²) in [6.45, 7) is 1.42. The Bertz CT molecular complexity index is 1330. The van der Waals surface area contributed by atoms with Gasteiger partial charge < -0.3 is 9.47 Å². The van der Waals surface area contributed by atoms with Crippen molar-refractivity contribution in [1.82, 2.24) is 0 Å². The molecule has 1 heterocycles. The highest BCUT2D eigenvalue weighted by Crippen LogP contribution is 2.47. The lowest BCUT2D eigenvalue weighted by Gasteiger charge is -2.41. The molecule has 5 aliphatic rings. The number of carbonyl (C=O) groups excluding carboxylic acids is 1. The number of ketones is 1. The summed E-state index contributed by atoms with van der Waals surface area (Å²) in [4.78, 5) is 11.3. The van der Waals surface area contributed by atoms with E-state index in [0.717, 1.165) is 102 Å². The van der Waals surface area contributed by atoms with Crippen LogP contribution in [0.4, 0.5) is 26.3 Å². The highest BCUT2D eigenvalue weighted by Gasteiger charge is 2.42. The summed E-state index contributed by atoms with van der Waals surface area (Å²) in [7, 11) is 0. The van der Waals surface area contributed by atoms with Crippen molar-refractivity contribution in [2.24, 2.45) is 23.7 Å². The Morgan fingerprint density at radius 2 is 0.830 bits per heavy atom. The van der Waals surface area contributed by atoms with Crippen LogP contribution < -0.4 is 0 Å². The van der Waals surface area contributed by atoms with Gasteiger partial charge in [0.1, 0.15) is 5.78 Å². The summed E-state index contributed by atoms with van der Waals surface area (Å²) >= 11 is 0. The fourth-order valence-corrected chi connectivity index (χ4v) is 9.24. The Hall–Kier alpha value is -2.39. The van der Waals surface area contributed by atoms with Crippen LogP contribution in [0.2, 0.25) is 0 Å². The Morgan fingerprint density at radius 1 is 0.489 bits per heavy atom. The molecule has 0 atom stereocenters. The fraction of sp³-hybridized carbons (Fsp3) is 0.658. The van der Waals surface area contributed by atoms with Gasteiger partial charge in [0.2, 0.25) is 0 Å². The molecule has 4 saturated carbocycles. The number of hydrogen-bond donors (Lipinski definition) is 0. The second-order valence-corrected chi connectivity index (χ2v) is 14.6. The Balaban J connectivity index is 0.000000166. The van der Waals surface area contributed by atoms with E-state index in [9.17, 15) is 31.1 Å². The number of benzene rings is 2. The molecule has 0 N–H and O–H groups in total. The molecular weight excluding hydrogens is 618 g/mol. The molecule has 0 aromatic heterocycles. The van der Waals surface area contributed by atoms with Crippen LogP contribution in [-0.2, 0) is 14.3 Å². The van der Waals surface area contributed by atoms with Gasteiger partial charge in [0.25, 0.3) is 0 Å². The Kier molecular flexibility index (Phi) is 11.0. The van der Waals surface area contributed by atoms with Crippen LogP contribution in [0.1, 0.15) is 126 Å². The average molecular weight is 665 g/mol. The summed E-state index contributed by atoms with van der Waals surface area (Å²) in [6, 6.07) is 4.62. The zero-order valence-corrected chi connectivity index (χ0v) is 27.0. The van der Waals surface area contributed by atoms with E-state index < -0.39 is 34.9 Å². The quantitative estimate of drug-likeness (QED) is 0.241. The highest BCUT2D eigenvalue weighted by atomic mass is 19.2. The first-order valence-corrected chi connectivity index (χ1v) is 17.7. The van der Waals surface area contributed by atoms with Gasteiger partial charge >= 0.3 is 0 Å². The van der Waals surface area contributed by atoms with E-state index in [1.807, 2.05) is 0 Å². The first-order chi connectivity index (χ1) is 22.6. The molecule has 0 amide bonds. The van der Waals surface area contributed by atoms with Crippen LogP contribution >= 0.6 is 0 Å². The molecule has 3 nitrogen and oxygen atoms in total. The molecule has 47 heavy (non-hydrogen) atoms. The van der Waals surface area contributed by atoms with Crippen molar-refractivity contribution in [2.45, 2.75) is 120 Å². The van der Waals surface area contributed by atoms with E-state index in [1.54, 1.807) is 0 Å². The predicted octanol–water partition coefficient (Wildman–Crippen LogP) is 10.4. The number of hydrogen-bond acceptors (Lipinski definition) is 3. The van der Waals surface area contributed by atoms with E-state index in [4.69, 9.17) is 9.47 Å². The van der Waals surface area contributed by atoms with Crippen molar-refractivity contribution in [2.75, 3.05) is 13.2 Å². The van der Waals surface area contributed by atoms with Crippen LogP contribution in [0, 0.1) is 58.6 Å². The third-order valence-electron chi connectivity index (χ3n) is 12.0. The molecule has 4 aliphatic carbocycles. The molecule has 9 heteroatoms. The number of carbonyl (C=O) groups is 1. The lowest BCUT2D eigenvalue weighted by atomic mass is 9.69. The second-order valence-electron chi connectivity index (χ2n) is 14.6. The molecule has 0 radical (unpaired) electrons. The molecule has 0 bridgehead atoms. The molecule has 2 aromatic rings. The third-order valence-corrected chi connectivity index (χ3v) is 12.0. The van der Waals surface area contributed by atoms with Gasteiger partial charge in [-0.2, -0.15) is 0 Å². The van der Waals surface area contributed by atoms with Crippen molar-refractivity contribution in [1.29, 1.82) is 0 Å². The van der Waals surface area contributed by atoms with Crippen LogP contribution in [0.25, 0.3) is 0 Å². The largest absolute Gasteiger partial charge is 0.348 e. The lowest BCUT2D eigenvalue weighted by Crippen LogP contribution is -2.37. The number of Topliss-reactive ketones (excluding diaryl/α,β-unsaturated/α-hetero) is 1. The van der Waals surface area contributed by atoms with Gasteiger partial charge in [-0.05, 0) is 148 Å². The smallest absolute Gasteiger partial charge is 0.194 e. The zero-order chi connectivity index (χ0) is 33.1. The summed E-state index contributed by atoms with van der Waals surface area (Å²) < 4.78 is 91.4. The minimum atomic E-state index is -1.38. The van der Waals surface area contributed by atoms with E-state index in [0.29, 0.717) is 66.6 Å². The Labute approximate surface area is 273 Å². The van der Waals surface area contributed by atoms with Crippen LogP contribution in [-0.4, -0.2) is 24.8 Å². The van der Waals surface area contributed by atoms with Crippen LogP contribution in [0.15, 0.2) is 24.3 Å². The fourth-order valence-electron chi connectivity index (χ4n) is 9.24. The molecule has 258 valence electrons. The molecule has 1 aliphatic heterocycles. The molecule has 1 spiro atoms. The lowest BCUT2D eigenvalue weighted by molar-refractivity contribution is -0.185. The first-order valence-electron chi connectivity index (χ1n) is 17.7. The standard InChI is InChI=1S/C20H25F3O2.C18H21F3O/c21-17-11-16(12-18(22)19(17)23)14-3-1-13(2-4-14)15-5-7-20(8-6-15)24-9-10-25-20;19-16-9-14(10-17(20)18(16)21)13-3-1-11(2-4-13)12-5-7-15(22)8-6-12/h11-15H,1-10H2;9-13H,1-8H2. The SMILES string of the molecule is Fc1cc(C2CCC(C3CCC4(CC3)OCCO4)CC2)cc(F)c1F.O=C1CCC(C2CCC(c3cc(F)c(F)c(F)c3)CC2)CC1. The van der Waals surface area contributed by atoms with Gasteiger partial charge in [-0.1, -0.05) is 0 Å². The maximum Gasteiger partial charge on any atom is 0.194 e. The maximum atomic E-state index is 13.5. The van der Waals surface area contributed by atoms with Gasteiger partial charge in [-0.25, -0.2) is 26.3 Å². The van der Waals surface area contributed by atoms with E-state index in [1.165, 1.54) is 12.1 Å². The van der Waals surface area contributed by atoms with Crippen molar-refractivity contribution < 1.29 is 40.6 Å². The van der Waals surface area contributed by atoms with Gasteiger partial charge in [0, 0.05) is 25.7 Å². The number of halogens is 6. The van der Waals surface area contributed by atoms with E-state index >= 15 is 0 Å². The summed E-state index contributed by atoms with van der Waals surface area (Å²) in [5, 5.41) is 0. The molecule has 7 rings (SSSR count). The third kappa shape index (κ3) is 8.09. The monoisotopic (exact) mass is 664 g/mol.